The summed E-state index contributed by atoms with van der Waals surface area (Å²) in [6.45, 7) is 4.80. The molecule has 0 aliphatic heterocycles. The molecule has 0 aliphatic rings. The van der Waals surface area contributed by atoms with Crippen molar-refractivity contribution in [3.05, 3.63) is 59.2 Å². The number of halogens is 1. The van der Waals surface area contributed by atoms with E-state index in [4.69, 9.17) is 4.74 Å². The maximum Gasteiger partial charge on any atom is 0.124 e. The molecule has 1 unspecified atom stereocenters. The van der Waals surface area contributed by atoms with Gasteiger partial charge in [-0.3, -0.25) is 4.98 Å². The lowest BCUT2D eigenvalue weighted by atomic mass is 9.95. The van der Waals surface area contributed by atoms with Crippen LogP contribution < -0.4 is 10.1 Å². The van der Waals surface area contributed by atoms with Gasteiger partial charge in [-0.1, -0.05) is 6.92 Å². The molecule has 20 heavy (non-hydrogen) atoms. The lowest BCUT2D eigenvalue weighted by molar-refractivity contribution is 0.402. The van der Waals surface area contributed by atoms with E-state index >= 15 is 0 Å². The summed E-state index contributed by atoms with van der Waals surface area (Å²) in [6.07, 6.45) is 3.57. The van der Waals surface area contributed by atoms with Gasteiger partial charge in [0.05, 0.1) is 13.2 Å². The average molecular weight is 274 g/mol. The number of pyridine rings is 1. The summed E-state index contributed by atoms with van der Waals surface area (Å²) in [5, 5.41) is 3.37. The minimum Gasteiger partial charge on any atom is -0.496 e. The molecule has 106 valence electrons. The van der Waals surface area contributed by atoms with E-state index in [9.17, 15) is 4.39 Å². The van der Waals surface area contributed by atoms with Crippen LogP contribution in [0.25, 0.3) is 0 Å². The number of aromatic nitrogens is 1. The molecular formula is C16H19FN2O. The highest BCUT2D eigenvalue weighted by molar-refractivity contribution is 5.43. The number of benzene rings is 1. The average Bonchev–Trinajstić information content (AvgIpc) is 2.46. The van der Waals surface area contributed by atoms with Crippen molar-refractivity contribution in [1.29, 1.82) is 0 Å². The van der Waals surface area contributed by atoms with Gasteiger partial charge in [-0.15, -0.1) is 0 Å². The molecule has 0 saturated carbocycles. The highest BCUT2D eigenvalue weighted by Gasteiger charge is 2.20. The van der Waals surface area contributed by atoms with E-state index in [-0.39, 0.29) is 11.9 Å². The van der Waals surface area contributed by atoms with Gasteiger partial charge >= 0.3 is 0 Å². The molecule has 0 aliphatic carbocycles. The molecule has 1 atom stereocenters. The van der Waals surface area contributed by atoms with E-state index in [2.05, 4.69) is 10.3 Å². The first-order valence-corrected chi connectivity index (χ1v) is 6.64. The zero-order valence-corrected chi connectivity index (χ0v) is 12.0. The Morgan fingerprint density at radius 3 is 2.75 bits per heavy atom. The van der Waals surface area contributed by atoms with Gasteiger partial charge in [0.1, 0.15) is 11.6 Å². The normalized spacial score (nSPS) is 12.2. The molecule has 1 N–H and O–H groups in total. The monoisotopic (exact) mass is 274 g/mol. The zero-order chi connectivity index (χ0) is 14.5. The third-order valence-corrected chi connectivity index (χ3v) is 3.30. The van der Waals surface area contributed by atoms with Gasteiger partial charge < -0.3 is 10.1 Å². The molecule has 0 fully saturated rings. The van der Waals surface area contributed by atoms with Crippen LogP contribution >= 0.6 is 0 Å². The first-order chi connectivity index (χ1) is 9.67. The summed E-state index contributed by atoms with van der Waals surface area (Å²) in [5.41, 5.74) is 2.92. The van der Waals surface area contributed by atoms with Crippen molar-refractivity contribution >= 4 is 0 Å². The fourth-order valence-electron chi connectivity index (χ4n) is 2.30. The van der Waals surface area contributed by atoms with Crippen molar-refractivity contribution in [3.8, 4) is 5.75 Å². The molecule has 0 bridgehead atoms. The van der Waals surface area contributed by atoms with Crippen LogP contribution in [0, 0.1) is 12.7 Å². The number of nitrogens with zero attached hydrogens (tertiary/aromatic N) is 1. The topological polar surface area (TPSA) is 34.2 Å². The first kappa shape index (κ1) is 14.5. The summed E-state index contributed by atoms with van der Waals surface area (Å²) in [7, 11) is 1.59. The molecule has 0 spiro atoms. The van der Waals surface area contributed by atoms with E-state index in [1.54, 1.807) is 19.4 Å². The van der Waals surface area contributed by atoms with Crippen LogP contribution in [-0.4, -0.2) is 18.6 Å². The largest absolute Gasteiger partial charge is 0.496 e. The molecule has 0 amide bonds. The van der Waals surface area contributed by atoms with E-state index in [1.165, 1.54) is 12.1 Å². The minimum absolute atomic E-state index is 0.139. The van der Waals surface area contributed by atoms with Crippen LogP contribution in [0.2, 0.25) is 0 Å². The molecular weight excluding hydrogens is 255 g/mol. The second-order valence-electron chi connectivity index (χ2n) is 4.61. The van der Waals surface area contributed by atoms with Crippen LogP contribution in [-0.2, 0) is 0 Å². The third-order valence-electron chi connectivity index (χ3n) is 3.30. The molecule has 3 nitrogen and oxygen atoms in total. The molecule has 2 aromatic rings. The molecule has 0 saturated heterocycles. The van der Waals surface area contributed by atoms with Crippen molar-refractivity contribution in [3.63, 3.8) is 0 Å². The SMILES string of the molecule is CCNC(c1cnccc1C)c1cc(F)ccc1OC. The number of hydrogen-bond donors (Lipinski definition) is 1. The third kappa shape index (κ3) is 2.96. The molecule has 1 aromatic heterocycles. The Hall–Kier alpha value is -1.94. The fraction of sp³-hybridized carbons (Fsp3) is 0.312. The second kappa shape index (κ2) is 6.48. The lowest BCUT2D eigenvalue weighted by Gasteiger charge is -2.22. The number of nitrogens with one attached hydrogen (secondary N) is 1. The quantitative estimate of drug-likeness (QED) is 0.909. The lowest BCUT2D eigenvalue weighted by Crippen LogP contribution is -2.23. The van der Waals surface area contributed by atoms with Crippen molar-refractivity contribution in [2.75, 3.05) is 13.7 Å². The van der Waals surface area contributed by atoms with Crippen molar-refractivity contribution in [2.45, 2.75) is 19.9 Å². The summed E-state index contributed by atoms with van der Waals surface area (Å²) < 4.78 is 19.0. The molecule has 1 heterocycles. The number of aryl methyl sites for hydroxylation is 1. The van der Waals surface area contributed by atoms with Gasteiger partial charge in [-0.2, -0.15) is 0 Å². The number of ether oxygens (including phenoxy) is 1. The highest BCUT2D eigenvalue weighted by atomic mass is 19.1. The smallest absolute Gasteiger partial charge is 0.124 e. The fourth-order valence-corrected chi connectivity index (χ4v) is 2.30. The molecule has 2 rings (SSSR count). The van der Waals surface area contributed by atoms with Gasteiger partial charge in [-0.05, 0) is 48.9 Å². The number of methoxy groups -OCH3 is 1. The van der Waals surface area contributed by atoms with Gasteiger partial charge in [0.15, 0.2) is 0 Å². The predicted octanol–water partition coefficient (Wildman–Crippen LogP) is 3.24. The maximum absolute atomic E-state index is 13.6. The number of hydrogen-bond acceptors (Lipinski definition) is 3. The minimum atomic E-state index is -0.273. The van der Waals surface area contributed by atoms with Crippen LogP contribution in [0.4, 0.5) is 4.39 Å². The Morgan fingerprint density at radius 1 is 1.30 bits per heavy atom. The Labute approximate surface area is 118 Å². The Morgan fingerprint density at radius 2 is 2.10 bits per heavy atom. The van der Waals surface area contributed by atoms with Crippen LogP contribution in [0.15, 0.2) is 36.7 Å². The van der Waals surface area contributed by atoms with Gasteiger partial charge in [0.25, 0.3) is 0 Å². The maximum atomic E-state index is 13.6. The van der Waals surface area contributed by atoms with E-state index in [0.29, 0.717) is 5.75 Å². The van der Waals surface area contributed by atoms with E-state index in [0.717, 1.165) is 23.2 Å². The highest BCUT2D eigenvalue weighted by Crippen LogP contribution is 2.31. The van der Waals surface area contributed by atoms with Crippen molar-refractivity contribution in [2.24, 2.45) is 0 Å². The number of rotatable bonds is 5. The summed E-state index contributed by atoms with van der Waals surface area (Å²) in [6, 6.07) is 6.38. The van der Waals surface area contributed by atoms with E-state index in [1.807, 2.05) is 26.1 Å². The molecule has 4 heteroatoms. The summed E-state index contributed by atoms with van der Waals surface area (Å²) >= 11 is 0. The summed E-state index contributed by atoms with van der Waals surface area (Å²) in [4.78, 5) is 4.18. The van der Waals surface area contributed by atoms with Crippen LogP contribution in [0.3, 0.4) is 0 Å². The van der Waals surface area contributed by atoms with Gasteiger partial charge in [0, 0.05) is 18.0 Å². The van der Waals surface area contributed by atoms with E-state index < -0.39 is 0 Å². The summed E-state index contributed by atoms with van der Waals surface area (Å²) in [5.74, 6) is 0.394. The molecule has 0 radical (unpaired) electrons. The van der Waals surface area contributed by atoms with Gasteiger partial charge in [-0.25, -0.2) is 4.39 Å². The van der Waals surface area contributed by atoms with Crippen molar-refractivity contribution < 1.29 is 9.13 Å². The first-order valence-electron chi connectivity index (χ1n) is 6.64. The van der Waals surface area contributed by atoms with Crippen molar-refractivity contribution in [1.82, 2.24) is 10.3 Å². The Bertz CT molecular complexity index is 586. The standard InChI is InChI=1S/C16H19FN2O/c1-4-19-16(14-10-18-8-7-11(14)2)13-9-12(17)5-6-15(13)20-3/h5-10,16,19H,4H2,1-3H3. The van der Waals surface area contributed by atoms with Crippen LogP contribution in [0.1, 0.15) is 29.7 Å². The molecule has 1 aromatic carbocycles. The Kier molecular flexibility index (Phi) is 4.69. The van der Waals surface area contributed by atoms with Gasteiger partial charge in [0.2, 0.25) is 0 Å². The Balaban J connectivity index is 2.54. The predicted molar refractivity (Wildman–Crippen MR) is 77.4 cm³/mol. The zero-order valence-electron chi connectivity index (χ0n) is 12.0. The second-order valence-corrected chi connectivity index (χ2v) is 4.61. The van der Waals surface area contributed by atoms with Crippen LogP contribution in [0.5, 0.6) is 5.75 Å².